The molecule has 2 heterocycles. The van der Waals surface area contributed by atoms with Gasteiger partial charge in [0.25, 0.3) is 0 Å². The molecule has 0 unspecified atom stereocenters. The normalized spacial score (nSPS) is 40.0. The van der Waals surface area contributed by atoms with Crippen LogP contribution in [0, 0.1) is 23.2 Å². The van der Waals surface area contributed by atoms with Crippen LogP contribution in [0.15, 0.2) is 12.1 Å². The lowest BCUT2D eigenvalue weighted by molar-refractivity contribution is -0.259. The highest BCUT2D eigenvalue weighted by molar-refractivity contribution is 5.61. The van der Waals surface area contributed by atoms with Crippen LogP contribution in [-0.2, 0) is 21.3 Å². The van der Waals surface area contributed by atoms with Crippen molar-refractivity contribution in [2.45, 2.75) is 55.8 Å². The van der Waals surface area contributed by atoms with Gasteiger partial charge in [-0.3, -0.25) is 0 Å². The third-order valence-corrected chi connectivity index (χ3v) is 7.39. The molecule has 4 atom stereocenters. The first-order valence-electron chi connectivity index (χ1n) is 9.29. The summed E-state index contributed by atoms with van der Waals surface area (Å²) in [5.74, 6) is 1.64. The third kappa shape index (κ3) is 1.36. The van der Waals surface area contributed by atoms with Crippen LogP contribution in [0.5, 0.6) is 5.75 Å². The first-order valence-corrected chi connectivity index (χ1v) is 9.29. The highest BCUT2D eigenvalue weighted by Crippen LogP contribution is 2.67. The molecule has 4 heteroatoms. The van der Waals surface area contributed by atoms with Crippen molar-refractivity contribution in [2.75, 3.05) is 13.2 Å². The van der Waals surface area contributed by atoms with Crippen molar-refractivity contribution in [1.29, 1.82) is 5.26 Å². The van der Waals surface area contributed by atoms with Gasteiger partial charge in [0.15, 0.2) is 6.10 Å². The van der Waals surface area contributed by atoms with Crippen LogP contribution in [-0.4, -0.2) is 25.1 Å². The number of hydrogen-bond acceptors (Lipinski definition) is 4. The molecule has 2 bridgehead atoms. The summed E-state index contributed by atoms with van der Waals surface area (Å²) in [6, 6.07) is 6.47. The predicted octanol–water partition coefficient (Wildman–Crippen LogP) is 3.07. The Morgan fingerprint density at radius 1 is 1.12 bits per heavy atom. The van der Waals surface area contributed by atoms with Crippen molar-refractivity contribution in [3.63, 3.8) is 0 Å². The summed E-state index contributed by atoms with van der Waals surface area (Å²) >= 11 is 0. The largest absolute Gasteiger partial charge is 0.482 e. The van der Waals surface area contributed by atoms with E-state index in [-0.39, 0.29) is 11.5 Å². The Morgan fingerprint density at radius 2 is 2.00 bits per heavy atom. The van der Waals surface area contributed by atoms with E-state index in [0.29, 0.717) is 24.7 Å². The molecule has 4 nitrogen and oxygen atoms in total. The molecule has 124 valence electrons. The molecule has 2 aliphatic heterocycles. The minimum Gasteiger partial charge on any atom is -0.482 e. The van der Waals surface area contributed by atoms with Gasteiger partial charge in [-0.25, -0.2) is 0 Å². The fourth-order valence-electron chi connectivity index (χ4n) is 6.72. The van der Waals surface area contributed by atoms with Crippen LogP contribution < -0.4 is 4.74 Å². The summed E-state index contributed by atoms with van der Waals surface area (Å²) in [7, 11) is 0. The molecule has 0 amide bonds. The molecular weight excluding hydrogens is 302 g/mol. The highest BCUT2D eigenvalue weighted by atomic mass is 16.8. The molecule has 1 saturated heterocycles. The van der Waals surface area contributed by atoms with Gasteiger partial charge in [0.05, 0.1) is 18.8 Å². The molecule has 6 rings (SSSR count). The second kappa shape index (κ2) is 4.33. The summed E-state index contributed by atoms with van der Waals surface area (Å²) in [6.07, 6.45) is 6.84. The van der Waals surface area contributed by atoms with E-state index in [0.717, 1.165) is 37.4 Å². The van der Waals surface area contributed by atoms with E-state index in [9.17, 15) is 5.26 Å². The number of hydrogen-bond donors (Lipinski definition) is 0. The predicted molar refractivity (Wildman–Crippen MR) is 85.7 cm³/mol. The molecule has 0 aromatic heterocycles. The number of ether oxygens (including phenoxy) is 3. The molecule has 2 spiro atoms. The molecule has 1 aromatic rings. The fourth-order valence-corrected chi connectivity index (χ4v) is 6.72. The van der Waals surface area contributed by atoms with Crippen LogP contribution in [0.1, 0.15) is 48.8 Å². The Hall–Kier alpha value is -1.57. The van der Waals surface area contributed by atoms with E-state index in [2.05, 4.69) is 12.1 Å². The summed E-state index contributed by atoms with van der Waals surface area (Å²) in [4.78, 5) is 0. The van der Waals surface area contributed by atoms with Gasteiger partial charge in [-0.2, -0.15) is 5.26 Å². The van der Waals surface area contributed by atoms with Crippen LogP contribution in [0.4, 0.5) is 0 Å². The molecule has 24 heavy (non-hydrogen) atoms. The van der Waals surface area contributed by atoms with E-state index < -0.39 is 5.79 Å². The number of nitriles is 1. The SMILES string of the molecule is N#Cc1ccc2c3c1O[C@@H]1C4(CC[C@@H]5[C@@H](CCC[C@]351)C2)OCCO4. The van der Waals surface area contributed by atoms with Crippen LogP contribution in [0.25, 0.3) is 0 Å². The topological polar surface area (TPSA) is 51.5 Å². The number of nitrogens with zero attached hydrogens (tertiary/aromatic N) is 1. The monoisotopic (exact) mass is 323 g/mol. The van der Waals surface area contributed by atoms with Gasteiger partial charge in [0, 0.05) is 17.4 Å². The van der Waals surface area contributed by atoms with E-state index in [1.165, 1.54) is 24.0 Å². The molecule has 0 N–H and O–H groups in total. The molecule has 3 fully saturated rings. The zero-order chi connectivity index (χ0) is 15.9. The zero-order valence-electron chi connectivity index (χ0n) is 13.7. The second-order valence-electron chi connectivity index (χ2n) is 8.14. The van der Waals surface area contributed by atoms with Gasteiger partial charge in [0.1, 0.15) is 11.8 Å². The van der Waals surface area contributed by atoms with E-state index in [1.807, 2.05) is 6.07 Å². The summed E-state index contributed by atoms with van der Waals surface area (Å²) in [6.45, 7) is 1.30. The van der Waals surface area contributed by atoms with Crippen molar-refractivity contribution < 1.29 is 14.2 Å². The van der Waals surface area contributed by atoms with E-state index in [1.54, 1.807) is 0 Å². The lowest BCUT2D eigenvalue weighted by Crippen LogP contribution is -2.65. The molecule has 0 radical (unpaired) electrons. The Morgan fingerprint density at radius 3 is 2.83 bits per heavy atom. The molecular formula is C20H21NO3. The van der Waals surface area contributed by atoms with Gasteiger partial charge in [0.2, 0.25) is 5.79 Å². The van der Waals surface area contributed by atoms with Gasteiger partial charge >= 0.3 is 0 Å². The molecule has 3 aliphatic carbocycles. The number of benzene rings is 1. The smallest absolute Gasteiger partial charge is 0.206 e. The number of fused-ring (bicyclic) bond motifs is 1. The van der Waals surface area contributed by atoms with E-state index >= 15 is 0 Å². The lowest BCUT2D eigenvalue weighted by atomic mass is 9.47. The standard InChI is InChI=1S/C20H21NO3/c21-11-14-4-3-13-10-12-2-1-6-19-15(12)5-7-20(22-8-9-23-20)18(19)24-17(14)16(13)19/h3-4,12,15,18H,1-2,5-10H2/t12-,15+,18-,19+/m0/s1. The Bertz CT molecular complexity index is 776. The minimum atomic E-state index is -0.598. The van der Waals surface area contributed by atoms with E-state index in [4.69, 9.17) is 14.2 Å². The van der Waals surface area contributed by atoms with Crippen molar-refractivity contribution in [2.24, 2.45) is 11.8 Å². The van der Waals surface area contributed by atoms with Crippen LogP contribution in [0.2, 0.25) is 0 Å². The van der Waals surface area contributed by atoms with Crippen LogP contribution in [0.3, 0.4) is 0 Å². The van der Waals surface area contributed by atoms with Crippen molar-refractivity contribution in [1.82, 2.24) is 0 Å². The quantitative estimate of drug-likeness (QED) is 0.736. The van der Waals surface area contributed by atoms with Gasteiger partial charge < -0.3 is 14.2 Å². The van der Waals surface area contributed by atoms with Crippen molar-refractivity contribution >= 4 is 0 Å². The fraction of sp³-hybridized carbons (Fsp3) is 0.650. The maximum Gasteiger partial charge on any atom is 0.206 e. The Labute approximate surface area is 141 Å². The lowest BCUT2D eigenvalue weighted by Gasteiger charge is -2.58. The first-order chi connectivity index (χ1) is 11.8. The number of rotatable bonds is 0. The summed E-state index contributed by atoms with van der Waals surface area (Å²) in [5, 5.41) is 9.60. The van der Waals surface area contributed by atoms with Crippen molar-refractivity contribution in [3.05, 3.63) is 28.8 Å². The summed E-state index contributed by atoms with van der Waals surface area (Å²) in [5.41, 5.74) is 3.42. The second-order valence-corrected chi connectivity index (χ2v) is 8.14. The van der Waals surface area contributed by atoms with Gasteiger partial charge in [-0.1, -0.05) is 12.5 Å². The molecule has 1 aromatic carbocycles. The maximum absolute atomic E-state index is 9.60. The Kier molecular flexibility index (Phi) is 2.47. The first kappa shape index (κ1) is 13.7. The maximum atomic E-state index is 9.60. The third-order valence-electron chi connectivity index (χ3n) is 7.39. The van der Waals surface area contributed by atoms with Gasteiger partial charge in [-0.05, 0) is 49.1 Å². The average Bonchev–Trinajstić information content (AvgIpc) is 3.19. The van der Waals surface area contributed by atoms with Gasteiger partial charge in [-0.15, -0.1) is 0 Å². The highest BCUT2D eigenvalue weighted by Gasteiger charge is 2.70. The molecule has 2 saturated carbocycles. The van der Waals surface area contributed by atoms with Crippen LogP contribution >= 0.6 is 0 Å². The average molecular weight is 323 g/mol. The Balaban J connectivity index is 1.64. The molecule has 5 aliphatic rings. The summed E-state index contributed by atoms with van der Waals surface area (Å²) < 4.78 is 18.9. The minimum absolute atomic E-state index is 0.00127. The van der Waals surface area contributed by atoms with Crippen molar-refractivity contribution in [3.8, 4) is 11.8 Å². The zero-order valence-corrected chi connectivity index (χ0v) is 13.7.